The number of thiazole rings is 1. The first-order valence-electron chi connectivity index (χ1n) is 9.32. The van der Waals surface area contributed by atoms with Gasteiger partial charge in [-0.1, -0.05) is 18.2 Å². The molecule has 2 heterocycles. The van der Waals surface area contributed by atoms with Crippen molar-refractivity contribution in [3.8, 4) is 5.75 Å². The molecule has 1 aromatic carbocycles. The van der Waals surface area contributed by atoms with Gasteiger partial charge in [0, 0.05) is 11.8 Å². The highest BCUT2D eigenvalue weighted by atomic mass is 32.1. The molecule has 2 aromatic rings. The van der Waals surface area contributed by atoms with E-state index < -0.39 is 5.97 Å². The van der Waals surface area contributed by atoms with Crippen molar-refractivity contribution in [2.75, 3.05) is 6.61 Å². The van der Waals surface area contributed by atoms with Crippen molar-refractivity contribution in [1.82, 2.24) is 4.98 Å². The predicted molar refractivity (Wildman–Crippen MR) is 100 cm³/mol. The molecule has 7 heteroatoms. The zero-order valence-corrected chi connectivity index (χ0v) is 15.7. The molecule has 1 aromatic heterocycles. The van der Waals surface area contributed by atoms with Gasteiger partial charge in [0.25, 0.3) is 0 Å². The van der Waals surface area contributed by atoms with Gasteiger partial charge in [0.2, 0.25) is 0 Å². The Kier molecular flexibility index (Phi) is 5.43. The van der Waals surface area contributed by atoms with E-state index in [1.165, 1.54) is 11.3 Å². The number of carboxylic acids is 1. The van der Waals surface area contributed by atoms with E-state index in [0.29, 0.717) is 18.9 Å². The Bertz CT molecular complexity index is 780. The Morgan fingerprint density at radius 1 is 1.30 bits per heavy atom. The van der Waals surface area contributed by atoms with Gasteiger partial charge in [-0.15, -0.1) is 11.3 Å². The first-order chi connectivity index (χ1) is 13.1. The number of rotatable bonds is 6. The third-order valence-corrected chi connectivity index (χ3v) is 6.51. The molecular weight excluding hydrogens is 366 g/mol. The number of ether oxygens (including phenoxy) is 2. The highest BCUT2D eigenvalue weighted by Gasteiger charge is 2.46. The molecule has 27 heavy (non-hydrogen) atoms. The molecule has 1 saturated carbocycles. The van der Waals surface area contributed by atoms with Crippen LogP contribution >= 0.6 is 11.3 Å². The van der Waals surface area contributed by atoms with Gasteiger partial charge in [-0.3, -0.25) is 0 Å². The summed E-state index contributed by atoms with van der Waals surface area (Å²) in [5.41, 5.74) is 0.0723. The number of aromatic carboxylic acids is 1. The SMILES string of the molecule is O=C(O)c1csc(C2CCC3C(CC(O)C3CCOc3ccccc3)O2)n1. The maximum atomic E-state index is 11.0. The number of aliphatic hydroxyl groups is 1. The summed E-state index contributed by atoms with van der Waals surface area (Å²) in [6.07, 6.45) is 2.61. The van der Waals surface area contributed by atoms with Crippen LogP contribution in [0.25, 0.3) is 0 Å². The fourth-order valence-electron chi connectivity index (χ4n) is 4.28. The molecule has 4 rings (SSSR count). The van der Waals surface area contributed by atoms with Crippen LogP contribution in [0.2, 0.25) is 0 Å². The van der Waals surface area contributed by atoms with E-state index in [0.717, 1.165) is 30.0 Å². The van der Waals surface area contributed by atoms with E-state index in [-0.39, 0.29) is 29.9 Å². The molecule has 6 nitrogen and oxygen atoms in total. The molecule has 2 N–H and O–H groups in total. The zero-order valence-electron chi connectivity index (χ0n) is 14.9. The summed E-state index contributed by atoms with van der Waals surface area (Å²) in [5, 5.41) is 21.8. The van der Waals surface area contributed by atoms with Gasteiger partial charge in [0.15, 0.2) is 5.69 Å². The lowest BCUT2D eigenvalue weighted by Crippen LogP contribution is -2.31. The molecule has 2 aliphatic rings. The molecule has 1 aliphatic carbocycles. The van der Waals surface area contributed by atoms with Crippen molar-refractivity contribution < 1.29 is 24.5 Å². The monoisotopic (exact) mass is 389 g/mol. The largest absolute Gasteiger partial charge is 0.494 e. The van der Waals surface area contributed by atoms with Gasteiger partial charge in [-0.05, 0) is 43.2 Å². The fraction of sp³-hybridized carbons (Fsp3) is 0.500. The quantitative estimate of drug-likeness (QED) is 0.786. The molecule has 0 radical (unpaired) electrons. The van der Waals surface area contributed by atoms with Crippen LogP contribution in [0.1, 0.15) is 47.3 Å². The second-order valence-electron chi connectivity index (χ2n) is 7.20. The van der Waals surface area contributed by atoms with Crippen molar-refractivity contribution in [2.45, 2.75) is 44.0 Å². The van der Waals surface area contributed by atoms with E-state index in [2.05, 4.69) is 4.98 Å². The summed E-state index contributed by atoms with van der Waals surface area (Å²) in [5.74, 6) is 0.320. The highest BCUT2D eigenvalue weighted by molar-refractivity contribution is 7.09. The minimum atomic E-state index is -1.01. The Morgan fingerprint density at radius 3 is 2.85 bits per heavy atom. The van der Waals surface area contributed by atoms with Crippen molar-refractivity contribution in [3.63, 3.8) is 0 Å². The summed E-state index contributed by atoms with van der Waals surface area (Å²) in [6.45, 7) is 0.576. The third-order valence-electron chi connectivity index (χ3n) is 5.58. The van der Waals surface area contributed by atoms with E-state index >= 15 is 0 Å². The van der Waals surface area contributed by atoms with Crippen molar-refractivity contribution in [1.29, 1.82) is 0 Å². The summed E-state index contributed by atoms with van der Waals surface area (Å²) < 4.78 is 12.0. The number of para-hydroxylation sites is 1. The number of hydrogen-bond donors (Lipinski definition) is 2. The van der Waals surface area contributed by atoms with Gasteiger partial charge in [-0.25, -0.2) is 9.78 Å². The molecular formula is C20H23NO5S. The smallest absolute Gasteiger partial charge is 0.355 e. The van der Waals surface area contributed by atoms with Crippen LogP contribution in [0, 0.1) is 11.8 Å². The molecule has 5 unspecified atom stereocenters. The Hall–Kier alpha value is -1.96. The van der Waals surface area contributed by atoms with Crippen LogP contribution < -0.4 is 4.74 Å². The maximum Gasteiger partial charge on any atom is 0.355 e. The topological polar surface area (TPSA) is 88.9 Å². The number of benzene rings is 1. The first kappa shape index (κ1) is 18.4. The lowest BCUT2D eigenvalue weighted by atomic mass is 9.85. The van der Waals surface area contributed by atoms with Gasteiger partial charge < -0.3 is 19.7 Å². The highest BCUT2D eigenvalue weighted by Crippen LogP contribution is 2.47. The minimum Gasteiger partial charge on any atom is -0.494 e. The number of nitrogens with zero attached hydrogens (tertiary/aromatic N) is 1. The van der Waals surface area contributed by atoms with E-state index in [4.69, 9.17) is 14.6 Å². The fourth-order valence-corrected chi connectivity index (χ4v) is 5.14. The molecule has 1 saturated heterocycles. The molecule has 144 valence electrons. The van der Waals surface area contributed by atoms with Gasteiger partial charge in [0.05, 0.1) is 18.8 Å². The van der Waals surface area contributed by atoms with Crippen LogP contribution in [-0.2, 0) is 4.74 Å². The van der Waals surface area contributed by atoms with Crippen LogP contribution in [0.4, 0.5) is 0 Å². The Balaban J connectivity index is 1.34. The molecule has 0 bridgehead atoms. The summed E-state index contributed by atoms with van der Waals surface area (Å²) >= 11 is 1.33. The molecule has 0 spiro atoms. The standard InChI is InChI=1S/C20H23NO5S/c22-16-10-18-14(13(16)8-9-25-12-4-2-1-3-5-12)6-7-17(26-18)19-21-15(11-27-19)20(23)24/h1-5,11,13-14,16-18,22H,6-10H2,(H,23,24). The van der Waals surface area contributed by atoms with E-state index in [9.17, 15) is 9.90 Å². The van der Waals surface area contributed by atoms with Gasteiger partial charge >= 0.3 is 5.97 Å². The number of carboxylic acid groups (broad SMARTS) is 1. The third kappa shape index (κ3) is 4.00. The number of fused-ring (bicyclic) bond motifs is 1. The molecule has 1 aliphatic heterocycles. The minimum absolute atomic E-state index is 0.00217. The van der Waals surface area contributed by atoms with Crippen LogP contribution in [0.3, 0.4) is 0 Å². The first-order valence-corrected chi connectivity index (χ1v) is 10.2. The van der Waals surface area contributed by atoms with Crippen LogP contribution in [0.15, 0.2) is 35.7 Å². The van der Waals surface area contributed by atoms with Gasteiger partial charge in [0.1, 0.15) is 16.9 Å². The number of hydrogen-bond acceptors (Lipinski definition) is 6. The Labute approximate surface area is 161 Å². The Morgan fingerprint density at radius 2 is 2.11 bits per heavy atom. The van der Waals surface area contributed by atoms with Crippen LogP contribution in [0.5, 0.6) is 5.75 Å². The number of aromatic nitrogens is 1. The van der Waals surface area contributed by atoms with E-state index in [1.807, 2.05) is 30.3 Å². The maximum absolute atomic E-state index is 11.0. The van der Waals surface area contributed by atoms with Gasteiger partial charge in [-0.2, -0.15) is 0 Å². The normalized spacial score (nSPS) is 30.0. The lowest BCUT2D eigenvalue weighted by molar-refractivity contribution is -0.0798. The average molecular weight is 389 g/mol. The lowest BCUT2D eigenvalue weighted by Gasteiger charge is -2.34. The zero-order chi connectivity index (χ0) is 18.8. The molecule has 0 amide bonds. The van der Waals surface area contributed by atoms with Crippen LogP contribution in [-0.4, -0.2) is 40.0 Å². The van der Waals surface area contributed by atoms with Crippen molar-refractivity contribution in [2.24, 2.45) is 11.8 Å². The average Bonchev–Trinajstić information content (AvgIpc) is 3.27. The summed E-state index contributed by atoms with van der Waals surface area (Å²) in [7, 11) is 0. The molecule has 2 fully saturated rings. The predicted octanol–water partition coefficient (Wildman–Crippen LogP) is 3.53. The molecule has 5 atom stereocenters. The number of carbonyl (C=O) groups is 1. The second-order valence-corrected chi connectivity index (χ2v) is 8.09. The van der Waals surface area contributed by atoms with Crippen molar-refractivity contribution >= 4 is 17.3 Å². The number of aliphatic hydroxyl groups excluding tert-OH is 1. The van der Waals surface area contributed by atoms with E-state index in [1.54, 1.807) is 5.38 Å². The van der Waals surface area contributed by atoms with Crippen molar-refractivity contribution in [3.05, 3.63) is 46.4 Å². The summed E-state index contributed by atoms with van der Waals surface area (Å²) in [6, 6.07) is 9.71. The second kappa shape index (κ2) is 7.96. The summed E-state index contributed by atoms with van der Waals surface area (Å²) in [4.78, 5) is 15.2.